The zero-order valence-electron chi connectivity index (χ0n) is 6.22. The van der Waals surface area contributed by atoms with Crippen LogP contribution >= 0.6 is 0 Å². The van der Waals surface area contributed by atoms with Crippen LogP contribution in [0.4, 0.5) is 0 Å². The molecule has 0 saturated carbocycles. The first-order valence-electron chi connectivity index (χ1n) is 2.37. The zero-order chi connectivity index (χ0) is 6.41. The second-order valence-corrected chi connectivity index (χ2v) is 1.28. The van der Waals surface area contributed by atoms with Gasteiger partial charge in [0.25, 0.3) is 0 Å². The number of nitrogens with two attached hydrogens (primary N) is 1. The first-order valence-corrected chi connectivity index (χ1v) is 2.37. The van der Waals surface area contributed by atoms with E-state index in [4.69, 9.17) is 5.73 Å². The van der Waals surface area contributed by atoms with Gasteiger partial charge in [-0.05, 0) is 0 Å². The molecule has 7 N–H and O–H groups in total. The van der Waals surface area contributed by atoms with Crippen molar-refractivity contribution in [1.29, 1.82) is 0 Å². The second kappa shape index (κ2) is 16.4. The molecule has 0 unspecified atom stereocenters. The molecule has 0 spiro atoms. The summed E-state index contributed by atoms with van der Waals surface area (Å²) in [6.45, 7) is 2.29. The van der Waals surface area contributed by atoms with E-state index in [9.17, 15) is 4.79 Å². The summed E-state index contributed by atoms with van der Waals surface area (Å²) in [5.41, 5.74) is 7.42. The van der Waals surface area contributed by atoms with Crippen LogP contribution < -0.4 is 11.2 Å². The van der Waals surface area contributed by atoms with Crippen LogP contribution in [-0.2, 0) is 27.0 Å². The van der Waals surface area contributed by atoms with Crippen molar-refractivity contribution in [3.63, 3.8) is 0 Å². The van der Waals surface area contributed by atoms with Crippen LogP contribution in [0.1, 0.15) is 6.92 Å². The third-order valence-electron chi connectivity index (χ3n) is 0.462. The van der Waals surface area contributed by atoms with Crippen molar-refractivity contribution in [2.45, 2.75) is 6.92 Å². The average Bonchev–Trinajstić information content (AvgIpc) is 1.66. The molecule has 0 aliphatic carbocycles. The Morgan fingerprint density at radius 3 is 2.27 bits per heavy atom. The molecular weight excluding hydrogens is 192 g/mol. The van der Waals surface area contributed by atoms with E-state index in [0.29, 0.717) is 13.1 Å². The van der Waals surface area contributed by atoms with Gasteiger partial charge < -0.3 is 21.5 Å². The van der Waals surface area contributed by atoms with Crippen LogP contribution in [0.2, 0.25) is 0 Å². The molecule has 0 atom stereocenters. The summed E-state index contributed by atoms with van der Waals surface area (Å²) in [6, 6.07) is 0. The monoisotopic (exact) mass is 206 g/mol. The minimum atomic E-state index is -0.349. The number of rotatable bonds is 3. The Hall–Kier alpha value is -0.158. The van der Waals surface area contributed by atoms with Gasteiger partial charge in [0.05, 0.1) is 0 Å². The molecule has 0 bridgehead atoms. The summed E-state index contributed by atoms with van der Waals surface area (Å²) < 4.78 is 0. The number of carbonyl (C=O) groups is 1. The molecule has 0 saturated heterocycles. The Morgan fingerprint density at radius 1 is 1.55 bits per heavy atom. The fourth-order valence-electron chi connectivity index (χ4n) is 0.212. The predicted molar refractivity (Wildman–Crippen MR) is 36.1 cm³/mol. The molecule has 0 rings (SSSR count). The van der Waals surface area contributed by atoms with Crippen molar-refractivity contribution < 1.29 is 37.9 Å². The summed E-state index contributed by atoms with van der Waals surface area (Å²) >= 11 is 0. The maximum Gasteiger partial charge on any atom is 0.321 e. The van der Waals surface area contributed by atoms with Crippen LogP contribution in [0.3, 0.4) is 0 Å². The third-order valence-corrected chi connectivity index (χ3v) is 0.462. The van der Waals surface area contributed by atoms with Crippen molar-refractivity contribution in [2.24, 2.45) is 5.73 Å². The summed E-state index contributed by atoms with van der Waals surface area (Å²) in [6.07, 6.45) is 0. The molecule has 6 nitrogen and oxygen atoms in total. The fourth-order valence-corrected chi connectivity index (χ4v) is 0.212. The standard InChI is InChI=1S/C4H10N2O2.Cr.2H2O/c1-4(7)8-6-3-2-5;;;/h6H,2-3,5H2,1H3;;2*1H2. The minimum Gasteiger partial charge on any atom is -0.412 e. The van der Waals surface area contributed by atoms with E-state index < -0.39 is 0 Å². The molecular formula is C4H14CrN2O4. The van der Waals surface area contributed by atoms with E-state index in [1.807, 2.05) is 0 Å². The molecule has 0 radical (unpaired) electrons. The fraction of sp³-hybridized carbons (Fsp3) is 0.750. The van der Waals surface area contributed by atoms with Crippen molar-refractivity contribution in [3.8, 4) is 0 Å². The van der Waals surface area contributed by atoms with Gasteiger partial charge in [-0.3, -0.25) is 4.79 Å². The Morgan fingerprint density at radius 2 is 2.00 bits per heavy atom. The van der Waals surface area contributed by atoms with E-state index in [0.717, 1.165) is 0 Å². The van der Waals surface area contributed by atoms with Crippen molar-refractivity contribution in [3.05, 3.63) is 0 Å². The maximum atomic E-state index is 9.99. The first-order chi connectivity index (χ1) is 3.77. The Bertz CT molecular complexity index is 82.5. The Kier molecular flexibility index (Phi) is 33.5. The van der Waals surface area contributed by atoms with E-state index in [2.05, 4.69) is 10.3 Å². The summed E-state index contributed by atoms with van der Waals surface area (Å²) in [5.74, 6) is -0.349. The van der Waals surface area contributed by atoms with E-state index in [1.165, 1.54) is 6.92 Å². The molecule has 0 amide bonds. The molecule has 0 aromatic rings. The maximum absolute atomic E-state index is 9.99. The van der Waals surface area contributed by atoms with Crippen molar-refractivity contribution >= 4 is 5.97 Å². The SMILES string of the molecule is CC(=O)ONCCN.O.O.[Cr]. The van der Waals surface area contributed by atoms with Gasteiger partial charge >= 0.3 is 5.97 Å². The van der Waals surface area contributed by atoms with Gasteiger partial charge in [0, 0.05) is 37.4 Å². The van der Waals surface area contributed by atoms with E-state index >= 15 is 0 Å². The van der Waals surface area contributed by atoms with Gasteiger partial charge in [-0.2, -0.15) is 5.48 Å². The number of hydrogen-bond acceptors (Lipinski definition) is 4. The summed E-state index contributed by atoms with van der Waals surface area (Å²) in [7, 11) is 0. The number of hydroxylamine groups is 1. The predicted octanol–water partition coefficient (Wildman–Crippen LogP) is -2.64. The quantitative estimate of drug-likeness (QED) is 0.386. The molecule has 11 heavy (non-hydrogen) atoms. The van der Waals surface area contributed by atoms with Crippen LogP contribution in [0.25, 0.3) is 0 Å². The Balaban J connectivity index is -0.0000000817. The molecule has 0 fully saturated rings. The molecule has 70 valence electrons. The zero-order valence-corrected chi connectivity index (χ0v) is 7.49. The number of hydrogen-bond donors (Lipinski definition) is 2. The van der Waals surface area contributed by atoms with Gasteiger partial charge in [-0.1, -0.05) is 0 Å². The summed E-state index contributed by atoms with van der Waals surface area (Å²) in [5, 5.41) is 0. The second-order valence-electron chi connectivity index (χ2n) is 1.28. The molecule has 0 heterocycles. The van der Waals surface area contributed by atoms with E-state index in [-0.39, 0.29) is 34.3 Å². The number of nitrogens with one attached hydrogen (secondary N) is 1. The molecule has 0 aliphatic rings. The molecule has 0 aromatic heterocycles. The Labute approximate surface area is 75.8 Å². The van der Waals surface area contributed by atoms with Crippen molar-refractivity contribution in [1.82, 2.24) is 5.48 Å². The van der Waals surface area contributed by atoms with Gasteiger partial charge in [0.2, 0.25) is 0 Å². The topological polar surface area (TPSA) is 127 Å². The van der Waals surface area contributed by atoms with Gasteiger partial charge in [-0.15, -0.1) is 0 Å². The molecule has 0 aromatic carbocycles. The number of carbonyl (C=O) groups excluding carboxylic acids is 1. The minimum absolute atomic E-state index is 0. The van der Waals surface area contributed by atoms with Crippen LogP contribution in [0.5, 0.6) is 0 Å². The average molecular weight is 206 g/mol. The van der Waals surface area contributed by atoms with Crippen LogP contribution in [0.15, 0.2) is 0 Å². The van der Waals surface area contributed by atoms with Gasteiger partial charge in [-0.25, -0.2) is 0 Å². The molecule has 7 heteroatoms. The third kappa shape index (κ3) is 25.8. The van der Waals surface area contributed by atoms with Crippen LogP contribution in [-0.4, -0.2) is 30.0 Å². The van der Waals surface area contributed by atoms with Crippen molar-refractivity contribution in [2.75, 3.05) is 13.1 Å². The molecule has 0 aliphatic heterocycles. The largest absolute Gasteiger partial charge is 0.412 e. The van der Waals surface area contributed by atoms with E-state index in [1.54, 1.807) is 0 Å². The normalized spacial score (nSPS) is 6.36. The summed E-state index contributed by atoms with van der Waals surface area (Å²) in [4.78, 5) is 14.3. The smallest absolute Gasteiger partial charge is 0.321 e. The van der Waals surface area contributed by atoms with Crippen LogP contribution in [0, 0.1) is 0 Å². The van der Waals surface area contributed by atoms with Gasteiger partial charge in [0.15, 0.2) is 0 Å². The van der Waals surface area contributed by atoms with Gasteiger partial charge in [0.1, 0.15) is 0 Å². The first kappa shape index (κ1) is 22.4.